The number of terminal acetylenes is 1. The molecule has 0 bridgehead atoms. The van der Waals surface area contributed by atoms with Gasteiger partial charge in [0.1, 0.15) is 17.7 Å². The van der Waals surface area contributed by atoms with Gasteiger partial charge in [-0.3, -0.25) is 9.59 Å². The predicted octanol–water partition coefficient (Wildman–Crippen LogP) is 7.46. The largest absolute Gasteiger partial charge is 0.444 e. The van der Waals surface area contributed by atoms with Gasteiger partial charge in [0.25, 0.3) is 5.91 Å². The van der Waals surface area contributed by atoms with Crippen molar-refractivity contribution in [3.63, 3.8) is 0 Å². The Labute approximate surface area is 256 Å². The van der Waals surface area contributed by atoms with E-state index in [0.29, 0.717) is 29.8 Å². The van der Waals surface area contributed by atoms with Crippen molar-refractivity contribution in [2.45, 2.75) is 84.9 Å². The van der Waals surface area contributed by atoms with Crippen LogP contribution in [0.25, 0.3) is 10.8 Å². The smallest absolute Gasteiger partial charge is 0.408 e. The van der Waals surface area contributed by atoms with Gasteiger partial charge in [0.15, 0.2) is 0 Å². The van der Waals surface area contributed by atoms with Crippen molar-refractivity contribution >= 4 is 34.4 Å². The van der Waals surface area contributed by atoms with Crippen LogP contribution in [0.2, 0.25) is 0 Å². The van der Waals surface area contributed by atoms with E-state index in [1.807, 2.05) is 56.3 Å². The molecule has 0 saturated heterocycles. The molecule has 2 unspecified atom stereocenters. The van der Waals surface area contributed by atoms with Crippen molar-refractivity contribution in [1.82, 2.24) is 10.2 Å². The van der Waals surface area contributed by atoms with Gasteiger partial charge in [0.05, 0.1) is 0 Å². The maximum atomic E-state index is 14.4. The van der Waals surface area contributed by atoms with Crippen LogP contribution < -0.4 is 10.6 Å². The van der Waals surface area contributed by atoms with E-state index < -0.39 is 23.8 Å². The number of rotatable bonds is 12. The molecule has 3 aromatic rings. The molecule has 0 heterocycles. The zero-order chi connectivity index (χ0) is 31.6. The lowest BCUT2D eigenvalue weighted by atomic mass is 9.97. The molecule has 0 aliphatic rings. The Balaban J connectivity index is 2.04. The molecule has 2 N–H and O–H groups in total. The highest BCUT2D eigenvalue weighted by Crippen LogP contribution is 2.28. The summed E-state index contributed by atoms with van der Waals surface area (Å²) >= 11 is 0. The maximum Gasteiger partial charge on any atom is 0.408 e. The van der Waals surface area contributed by atoms with Crippen molar-refractivity contribution < 1.29 is 19.1 Å². The summed E-state index contributed by atoms with van der Waals surface area (Å²) in [6, 6.07) is 18.9. The molecule has 0 aromatic heterocycles. The van der Waals surface area contributed by atoms with Crippen molar-refractivity contribution in [3.05, 3.63) is 77.9 Å². The standard InChI is InChI=1S/C36H45N3O4/c1-8-10-11-14-23-39(34(41)31(25(3)4)38-35(42)43-36(5,6)7)32(28-19-17-26(9-2)18-20-28)33(40)37-30-22-21-27-15-12-13-16-29(27)24-30/h2,12-13,15-22,24-25,31-32H,8,10-11,14,23H2,1,3-7H3,(H,37,40)(H,38,42). The number of carbonyl (C=O) groups is 3. The molecule has 3 rings (SSSR count). The molecule has 0 spiro atoms. The summed E-state index contributed by atoms with van der Waals surface area (Å²) in [6.07, 6.45) is 8.57. The molecule has 7 heteroatoms. The summed E-state index contributed by atoms with van der Waals surface area (Å²) in [7, 11) is 0. The second-order valence-corrected chi connectivity index (χ2v) is 12.2. The number of hydrogen-bond donors (Lipinski definition) is 2. The first-order valence-corrected chi connectivity index (χ1v) is 15.1. The summed E-state index contributed by atoms with van der Waals surface area (Å²) < 4.78 is 5.47. The zero-order valence-corrected chi connectivity index (χ0v) is 26.3. The van der Waals surface area contributed by atoms with E-state index in [1.165, 1.54) is 0 Å². The highest BCUT2D eigenvalue weighted by atomic mass is 16.6. The minimum atomic E-state index is -0.964. The molecule has 3 aromatic carbocycles. The quantitative estimate of drug-likeness (QED) is 0.171. The molecule has 0 radical (unpaired) electrons. The number of nitrogens with one attached hydrogen (secondary N) is 2. The van der Waals surface area contributed by atoms with Crippen molar-refractivity contribution in [1.29, 1.82) is 0 Å². The van der Waals surface area contributed by atoms with Crippen LogP contribution in [0.4, 0.5) is 10.5 Å². The molecule has 0 fully saturated rings. The summed E-state index contributed by atoms with van der Waals surface area (Å²) in [4.78, 5) is 42.9. The summed E-state index contributed by atoms with van der Waals surface area (Å²) in [6.45, 7) is 11.5. The number of ether oxygens (including phenoxy) is 1. The van der Waals surface area contributed by atoms with Crippen LogP contribution in [0.3, 0.4) is 0 Å². The molecule has 3 amide bonds. The Bertz CT molecular complexity index is 1430. The van der Waals surface area contributed by atoms with Crippen LogP contribution in [0, 0.1) is 18.3 Å². The van der Waals surface area contributed by atoms with Crippen LogP contribution in [0.15, 0.2) is 66.7 Å². The molecule has 228 valence electrons. The second-order valence-electron chi connectivity index (χ2n) is 12.2. The average molecular weight is 584 g/mol. The normalized spacial score (nSPS) is 12.7. The maximum absolute atomic E-state index is 14.4. The van der Waals surface area contributed by atoms with E-state index in [0.717, 1.165) is 30.0 Å². The number of amides is 3. The minimum absolute atomic E-state index is 0.258. The Hall–Kier alpha value is -4.31. The SMILES string of the molecule is C#Cc1ccc(C(C(=O)Nc2ccc3ccccc3c2)N(CCCCCC)C(=O)C(NC(=O)OC(C)(C)C)C(C)C)cc1. The van der Waals surface area contributed by atoms with Crippen LogP contribution in [0.5, 0.6) is 0 Å². The monoisotopic (exact) mass is 583 g/mol. The number of unbranched alkanes of at least 4 members (excludes halogenated alkanes) is 3. The number of nitrogens with zero attached hydrogens (tertiary/aromatic N) is 1. The van der Waals surface area contributed by atoms with Crippen LogP contribution in [-0.4, -0.2) is 41.0 Å². The first-order valence-electron chi connectivity index (χ1n) is 15.1. The van der Waals surface area contributed by atoms with Gasteiger partial charge in [-0.15, -0.1) is 6.42 Å². The third kappa shape index (κ3) is 9.61. The van der Waals surface area contributed by atoms with E-state index in [2.05, 4.69) is 23.5 Å². The van der Waals surface area contributed by atoms with Gasteiger partial charge in [-0.2, -0.15) is 0 Å². The molecule has 0 aliphatic carbocycles. The summed E-state index contributed by atoms with van der Waals surface area (Å²) in [5.41, 5.74) is 1.20. The van der Waals surface area contributed by atoms with Gasteiger partial charge >= 0.3 is 6.09 Å². The van der Waals surface area contributed by atoms with Gasteiger partial charge in [-0.1, -0.05) is 88.4 Å². The molecule has 0 aliphatic heterocycles. The van der Waals surface area contributed by atoms with Gasteiger partial charge in [0, 0.05) is 17.8 Å². The fourth-order valence-corrected chi connectivity index (χ4v) is 4.91. The lowest BCUT2D eigenvalue weighted by Gasteiger charge is -2.35. The average Bonchev–Trinajstić information content (AvgIpc) is 2.96. The van der Waals surface area contributed by atoms with Crippen molar-refractivity contribution in [3.8, 4) is 12.3 Å². The number of hydrogen-bond acceptors (Lipinski definition) is 4. The topological polar surface area (TPSA) is 87.7 Å². The first-order chi connectivity index (χ1) is 20.4. The predicted molar refractivity (Wildman–Crippen MR) is 174 cm³/mol. The van der Waals surface area contributed by atoms with E-state index in [4.69, 9.17) is 11.2 Å². The third-order valence-electron chi connectivity index (χ3n) is 7.11. The second kappa shape index (κ2) is 15.2. The van der Waals surface area contributed by atoms with Crippen molar-refractivity contribution in [2.75, 3.05) is 11.9 Å². The molecule has 43 heavy (non-hydrogen) atoms. The minimum Gasteiger partial charge on any atom is -0.444 e. The number of alkyl carbamates (subject to hydrolysis) is 1. The Morgan fingerprint density at radius 2 is 1.60 bits per heavy atom. The van der Waals surface area contributed by atoms with Crippen LogP contribution in [-0.2, 0) is 14.3 Å². The highest BCUT2D eigenvalue weighted by molar-refractivity contribution is 6.00. The van der Waals surface area contributed by atoms with E-state index >= 15 is 0 Å². The molecule has 7 nitrogen and oxygen atoms in total. The Kier molecular flexibility index (Phi) is 11.8. The number of fused-ring (bicyclic) bond motifs is 1. The van der Waals surface area contributed by atoms with E-state index in [9.17, 15) is 14.4 Å². The number of anilines is 1. The van der Waals surface area contributed by atoms with Crippen LogP contribution in [0.1, 0.15) is 84.4 Å². The first kappa shape index (κ1) is 33.2. The summed E-state index contributed by atoms with van der Waals surface area (Å²) in [5, 5.41) is 7.88. The third-order valence-corrected chi connectivity index (χ3v) is 7.11. The molecule has 0 saturated carbocycles. The van der Waals surface area contributed by atoms with Gasteiger partial charge in [-0.25, -0.2) is 4.79 Å². The molecular weight excluding hydrogens is 538 g/mol. The van der Waals surface area contributed by atoms with Gasteiger partial charge in [0.2, 0.25) is 5.91 Å². The van der Waals surface area contributed by atoms with Crippen LogP contribution >= 0.6 is 0 Å². The lowest BCUT2D eigenvalue weighted by molar-refractivity contribution is -0.141. The van der Waals surface area contributed by atoms with E-state index in [1.54, 1.807) is 49.9 Å². The fraction of sp³-hybridized carbons (Fsp3) is 0.417. The fourth-order valence-electron chi connectivity index (χ4n) is 4.91. The van der Waals surface area contributed by atoms with Crippen molar-refractivity contribution in [2.24, 2.45) is 5.92 Å². The Morgan fingerprint density at radius 1 is 0.930 bits per heavy atom. The number of benzene rings is 3. The highest BCUT2D eigenvalue weighted by Gasteiger charge is 2.37. The summed E-state index contributed by atoms with van der Waals surface area (Å²) in [5.74, 6) is 1.65. The lowest BCUT2D eigenvalue weighted by Crippen LogP contribution is -2.54. The number of carbonyl (C=O) groups excluding carboxylic acids is 3. The molecular formula is C36H45N3O4. The van der Waals surface area contributed by atoms with Gasteiger partial charge < -0.3 is 20.3 Å². The Morgan fingerprint density at radius 3 is 2.21 bits per heavy atom. The zero-order valence-electron chi connectivity index (χ0n) is 26.3. The van der Waals surface area contributed by atoms with E-state index in [-0.39, 0.29) is 17.7 Å². The molecule has 2 atom stereocenters. The van der Waals surface area contributed by atoms with Gasteiger partial charge in [-0.05, 0) is 73.7 Å².